The van der Waals surface area contributed by atoms with Crippen molar-refractivity contribution in [3.8, 4) is 11.8 Å². The van der Waals surface area contributed by atoms with E-state index in [-0.39, 0.29) is 0 Å². The number of nitrogens with zero attached hydrogens (tertiary/aromatic N) is 2. The highest BCUT2D eigenvalue weighted by molar-refractivity contribution is 5.76. The molecule has 0 N–H and O–H groups in total. The molecule has 1 aromatic carbocycles. The molecule has 13 heavy (non-hydrogen) atoms. The quantitative estimate of drug-likeness (QED) is 0.552. The largest absolute Gasteiger partial charge is 0.334 e. The van der Waals surface area contributed by atoms with Gasteiger partial charge in [0.2, 0.25) is 0 Å². The van der Waals surface area contributed by atoms with Gasteiger partial charge in [0.1, 0.15) is 0 Å². The lowest BCUT2D eigenvalue weighted by Crippen LogP contribution is -1.84. The summed E-state index contributed by atoms with van der Waals surface area (Å²) < 4.78 is 2.00. The Morgan fingerprint density at radius 2 is 2.23 bits per heavy atom. The van der Waals surface area contributed by atoms with Gasteiger partial charge in [-0.25, -0.2) is 4.98 Å². The first-order chi connectivity index (χ1) is 6.31. The van der Waals surface area contributed by atoms with Crippen LogP contribution in [0.15, 0.2) is 24.5 Å². The van der Waals surface area contributed by atoms with Gasteiger partial charge in [-0.3, -0.25) is 0 Å². The van der Waals surface area contributed by atoms with Crippen LogP contribution in [0.2, 0.25) is 0 Å². The number of benzene rings is 1. The minimum absolute atomic E-state index is 1.02. The summed E-state index contributed by atoms with van der Waals surface area (Å²) in [6, 6.07) is 6.04. The zero-order chi connectivity index (χ0) is 9.26. The van der Waals surface area contributed by atoms with Crippen LogP contribution in [-0.2, 0) is 7.05 Å². The van der Waals surface area contributed by atoms with Gasteiger partial charge in [-0.05, 0) is 25.1 Å². The van der Waals surface area contributed by atoms with Crippen LogP contribution in [0.4, 0.5) is 0 Å². The van der Waals surface area contributed by atoms with Crippen LogP contribution in [0.25, 0.3) is 11.0 Å². The Labute approximate surface area is 77.2 Å². The second kappa shape index (κ2) is 2.95. The summed E-state index contributed by atoms with van der Waals surface area (Å²) >= 11 is 0. The van der Waals surface area contributed by atoms with E-state index in [1.54, 1.807) is 0 Å². The maximum atomic E-state index is 4.23. The first-order valence-electron chi connectivity index (χ1n) is 4.15. The smallest absolute Gasteiger partial charge is 0.0955 e. The molecule has 0 atom stereocenters. The van der Waals surface area contributed by atoms with Crippen molar-refractivity contribution in [3.05, 3.63) is 30.1 Å². The summed E-state index contributed by atoms with van der Waals surface area (Å²) in [4.78, 5) is 4.23. The molecular formula is C11H10N2. The van der Waals surface area contributed by atoms with E-state index in [1.165, 1.54) is 0 Å². The highest BCUT2D eigenvalue weighted by atomic mass is 15.0. The van der Waals surface area contributed by atoms with Crippen molar-refractivity contribution < 1.29 is 0 Å². The van der Waals surface area contributed by atoms with Crippen molar-refractivity contribution in [2.24, 2.45) is 7.05 Å². The van der Waals surface area contributed by atoms with E-state index < -0.39 is 0 Å². The number of aryl methyl sites for hydroxylation is 1. The molecule has 2 rings (SSSR count). The highest BCUT2D eigenvalue weighted by Crippen LogP contribution is 2.12. The molecule has 0 aliphatic heterocycles. The van der Waals surface area contributed by atoms with Crippen LogP contribution in [0.1, 0.15) is 12.5 Å². The monoisotopic (exact) mass is 170 g/mol. The van der Waals surface area contributed by atoms with E-state index in [0.717, 1.165) is 16.6 Å². The predicted octanol–water partition coefficient (Wildman–Crippen LogP) is 1.94. The fourth-order valence-corrected chi connectivity index (χ4v) is 1.35. The highest BCUT2D eigenvalue weighted by Gasteiger charge is 1.98. The molecule has 2 aromatic rings. The van der Waals surface area contributed by atoms with Crippen LogP contribution in [-0.4, -0.2) is 9.55 Å². The van der Waals surface area contributed by atoms with Crippen LogP contribution < -0.4 is 0 Å². The molecular weight excluding hydrogens is 160 g/mol. The first-order valence-corrected chi connectivity index (χ1v) is 4.15. The zero-order valence-electron chi connectivity index (χ0n) is 7.70. The van der Waals surface area contributed by atoms with Crippen LogP contribution in [0.3, 0.4) is 0 Å². The van der Waals surface area contributed by atoms with Gasteiger partial charge in [0, 0.05) is 12.6 Å². The molecule has 0 aliphatic rings. The van der Waals surface area contributed by atoms with E-state index in [2.05, 4.69) is 22.9 Å². The fourth-order valence-electron chi connectivity index (χ4n) is 1.35. The SMILES string of the molecule is CC#Cc1ccc2ncn(C)c2c1. The van der Waals surface area contributed by atoms with Gasteiger partial charge in [0.25, 0.3) is 0 Å². The molecule has 64 valence electrons. The third kappa shape index (κ3) is 1.29. The first kappa shape index (κ1) is 7.88. The van der Waals surface area contributed by atoms with Gasteiger partial charge < -0.3 is 4.57 Å². The Kier molecular flexibility index (Phi) is 1.79. The lowest BCUT2D eigenvalue weighted by atomic mass is 10.2. The molecule has 0 amide bonds. The van der Waals surface area contributed by atoms with Gasteiger partial charge in [-0.15, -0.1) is 5.92 Å². The maximum Gasteiger partial charge on any atom is 0.0955 e. The van der Waals surface area contributed by atoms with Gasteiger partial charge in [0.15, 0.2) is 0 Å². The standard InChI is InChI=1S/C11H10N2/c1-3-4-9-5-6-10-11(7-9)13(2)8-12-10/h5-8H,1-2H3. The van der Waals surface area contributed by atoms with Crippen LogP contribution in [0.5, 0.6) is 0 Å². The number of rotatable bonds is 0. The predicted molar refractivity (Wildman–Crippen MR) is 53.3 cm³/mol. The summed E-state index contributed by atoms with van der Waals surface area (Å²) in [5.41, 5.74) is 3.18. The molecule has 0 fully saturated rings. The average molecular weight is 170 g/mol. The summed E-state index contributed by atoms with van der Waals surface area (Å²) in [6.07, 6.45) is 1.81. The number of imidazole rings is 1. The number of hydrogen-bond donors (Lipinski definition) is 0. The van der Waals surface area contributed by atoms with Gasteiger partial charge in [-0.2, -0.15) is 0 Å². The minimum Gasteiger partial charge on any atom is -0.334 e. The van der Waals surface area contributed by atoms with Crippen LogP contribution in [0, 0.1) is 11.8 Å². The lowest BCUT2D eigenvalue weighted by molar-refractivity contribution is 0.947. The number of hydrogen-bond acceptors (Lipinski definition) is 1. The molecule has 2 heteroatoms. The second-order valence-corrected chi connectivity index (χ2v) is 2.93. The Balaban J connectivity index is 2.70. The van der Waals surface area contributed by atoms with Crippen molar-refractivity contribution in [1.82, 2.24) is 9.55 Å². The van der Waals surface area contributed by atoms with E-state index >= 15 is 0 Å². The van der Waals surface area contributed by atoms with E-state index in [0.29, 0.717) is 0 Å². The zero-order valence-corrected chi connectivity index (χ0v) is 7.70. The minimum atomic E-state index is 1.02. The molecule has 0 bridgehead atoms. The molecule has 1 aromatic heterocycles. The van der Waals surface area contributed by atoms with Crippen LogP contribution >= 0.6 is 0 Å². The van der Waals surface area contributed by atoms with Crippen molar-refractivity contribution in [2.45, 2.75) is 6.92 Å². The van der Waals surface area contributed by atoms with Gasteiger partial charge >= 0.3 is 0 Å². The van der Waals surface area contributed by atoms with E-state index in [4.69, 9.17) is 0 Å². The van der Waals surface area contributed by atoms with Gasteiger partial charge in [-0.1, -0.05) is 5.92 Å². The lowest BCUT2D eigenvalue weighted by Gasteiger charge is -1.94. The Morgan fingerprint density at radius 3 is 3.00 bits per heavy atom. The summed E-state index contributed by atoms with van der Waals surface area (Å²) in [7, 11) is 1.98. The van der Waals surface area contributed by atoms with E-state index in [1.807, 2.05) is 37.0 Å². The number of fused-ring (bicyclic) bond motifs is 1. The van der Waals surface area contributed by atoms with Crippen molar-refractivity contribution >= 4 is 11.0 Å². The summed E-state index contributed by atoms with van der Waals surface area (Å²) in [5, 5.41) is 0. The Bertz CT molecular complexity index is 498. The average Bonchev–Trinajstić information content (AvgIpc) is 2.49. The topological polar surface area (TPSA) is 17.8 Å². The fraction of sp³-hybridized carbons (Fsp3) is 0.182. The van der Waals surface area contributed by atoms with E-state index in [9.17, 15) is 0 Å². The second-order valence-electron chi connectivity index (χ2n) is 2.93. The Hall–Kier alpha value is -1.75. The molecule has 0 spiro atoms. The van der Waals surface area contributed by atoms with Crippen molar-refractivity contribution in [1.29, 1.82) is 0 Å². The molecule has 0 aliphatic carbocycles. The third-order valence-corrected chi connectivity index (χ3v) is 1.99. The maximum absolute atomic E-state index is 4.23. The van der Waals surface area contributed by atoms with Crippen molar-refractivity contribution in [2.75, 3.05) is 0 Å². The van der Waals surface area contributed by atoms with Gasteiger partial charge in [0.05, 0.1) is 17.4 Å². The summed E-state index contributed by atoms with van der Waals surface area (Å²) in [6.45, 7) is 1.84. The molecule has 0 unspecified atom stereocenters. The van der Waals surface area contributed by atoms with Crippen molar-refractivity contribution in [3.63, 3.8) is 0 Å². The Morgan fingerprint density at radius 1 is 1.38 bits per heavy atom. The number of aromatic nitrogens is 2. The molecule has 0 radical (unpaired) electrons. The molecule has 0 saturated carbocycles. The molecule has 1 heterocycles. The third-order valence-electron chi connectivity index (χ3n) is 1.99. The molecule has 0 saturated heterocycles. The summed E-state index contributed by atoms with van der Waals surface area (Å²) in [5.74, 6) is 5.91. The normalized spacial score (nSPS) is 9.69. The molecule has 2 nitrogen and oxygen atoms in total.